The molecule has 3 N–H and O–H groups in total. The summed E-state index contributed by atoms with van der Waals surface area (Å²) in [6, 6.07) is 9.85. The van der Waals surface area contributed by atoms with E-state index in [-0.39, 0.29) is 5.95 Å². The molecule has 0 aliphatic heterocycles. The lowest BCUT2D eigenvalue weighted by Gasteiger charge is -2.08. The highest BCUT2D eigenvalue weighted by Gasteiger charge is 2.07. The van der Waals surface area contributed by atoms with Gasteiger partial charge in [-0.3, -0.25) is 0 Å². The van der Waals surface area contributed by atoms with Crippen LogP contribution in [0.3, 0.4) is 0 Å². The average Bonchev–Trinajstić information content (AvgIpc) is 3.01. The summed E-state index contributed by atoms with van der Waals surface area (Å²) in [5.41, 5.74) is 7.87. The normalized spacial score (nSPS) is 10.5. The van der Waals surface area contributed by atoms with Gasteiger partial charge in [-0.05, 0) is 30.2 Å². The SMILES string of the molecule is CCc1cccc(Nc2nc(N)nc(-n3cccn3)n2)c1. The van der Waals surface area contributed by atoms with Crippen LogP contribution in [0, 0.1) is 0 Å². The van der Waals surface area contributed by atoms with Crippen molar-refractivity contribution in [3.8, 4) is 5.95 Å². The van der Waals surface area contributed by atoms with Crippen molar-refractivity contribution in [1.82, 2.24) is 24.7 Å². The third-order valence-corrected chi connectivity index (χ3v) is 2.94. The Balaban J connectivity index is 1.91. The van der Waals surface area contributed by atoms with E-state index < -0.39 is 0 Å². The largest absolute Gasteiger partial charge is 0.368 e. The number of rotatable bonds is 4. The number of nitrogens with two attached hydrogens (primary N) is 1. The second-order valence-corrected chi connectivity index (χ2v) is 4.45. The van der Waals surface area contributed by atoms with Gasteiger partial charge in [0.05, 0.1) is 0 Å². The molecule has 0 saturated heterocycles. The number of aryl methyl sites for hydroxylation is 1. The van der Waals surface area contributed by atoms with E-state index in [0.29, 0.717) is 11.9 Å². The van der Waals surface area contributed by atoms with Crippen molar-refractivity contribution in [2.45, 2.75) is 13.3 Å². The van der Waals surface area contributed by atoms with Crippen LogP contribution in [0.15, 0.2) is 42.7 Å². The second-order valence-electron chi connectivity index (χ2n) is 4.45. The van der Waals surface area contributed by atoms with Crippen LogP contribution in [0.25, 0.3) is 5.95 Å². The van der Waals surface area contributed by atoms with Crippen LogP contribution >= 0.6 is 0 Å². The Morgan fingerprint density at radius 3 is 2.86 bits per heavy atom. The van der Waals surface area contributed by atoms with Crippen molar-refractivity contribution in [1.29, 1.82) is 0 Å². The van der Waals surface area contributed by atoms with E-state index in [0.717, 1.165) is 12.1 Å². The fourth-order valence-corrected chi connectivity index (χ4v) is 1.92. The van der Waals surface area contributed by atoms with Gasteiger partial charge in [-0.1, -0.05) is 19.1 Å². The number of nitrogens with one attached hydrogen (secondary N) is 1. The molecule has 0 bridgehead atoms. The number of hydrogen-bond donors (Lipinski definition) is 2. The third kappa shape index (κ3) is 2.97. The number of anilines is 3. The van der Waals surface area contributed by atoms with Crippen molar-refractivity contribution >= 4 is 17.6 Å². The van der Waals surface area contributed by atoms with Gasteiger partial charge in [0.2, 0.25) is 11.9 Å². The number of hydrogen-bond acceptors (Lipinski definition) is 6. The Morgan fingerprint density at radius 1 is 1.19 bits per heavy atom. The van der Waals surface area contributed by atoms with E-state index in [1.165, 1.54) is 10.2 Å². The van der Waals surface area contributed by atoms with Crippen LogP contribution < -0.4 is 11.1 Å². The van der Waals surface area contributed by atoms with Crippen molar-refractivity contribution in [2.24, 2.45) is 0 Å². The number of nitrogen functional groups attached to an aromatic ring is 1. The molecule has 1 aromatic carbocycles. The van der Waals surface area contributed by atoms with Crippen LogP contribution in [-0.4, -0.2) is 24.7 Å². The molecule has 0 aliphatic rings. The maximum atomic E-state index is 5.73. The lowest BCUT2D eigenvalue weighted by molar-refractivity contribution is 0.801. The minimum atomic E-state index is 0.143. The standard InChI is InChI=1S/C14H15N7/c1-2-10-5-3-6-11(9-10)17-13-18-12(15)19-14(20-13)21-8-4-7-16-21/h3-9H,2H2,1H3,(H3,15,17,18,19,20). The van der Waals surface area contributed by atoms with Crippen LogP contribution in [0.2, 0.25) is 0 Å². The smallest absolute Gasteiger partial charge is 0.257 e. The fourth-order valence-electron chi connectivity index (χ4n) is 1.92. The van der Waals surface area contributed by atoms with Gasteiger partial charge < -0.3 is 11.1 Å². The average molecular weight is 281 g/mol. The highest BCUT2D eigenvalue weighted by atomic mass is 15.4. The molecule has 0 amide bonds. The Bertz CT molecular complexity index is 737. The molecule has 21 heavy (non-hydrogen) atoms. The Hall–Kier alpha value is -2.96. The predicted molar refractivity (Wildman–Crippen MR) is 80.5 cm³/mol. The lowest BCUT2D eigenvalue weighted by atomic mass is 10.1. The zero-order chi connectivity index (χ0) is 14.7. The van der Waals surface area contributed by atoms with E-state index in [9.17, 15) is 0 Å². The van der Waals surface area contributed by atoms with Crippen molar-refractivity contribution in [2.75, 3.05) is 11.1 Å². The van der Waals surface area contributed by atoms with E-state index in [1.807, 2.05) is 18.2 Å². The zero-order valence-corrected chi connectivity index (χ0v) is 11.6. The lowest BCUT2D eigenvalue weighted by Crippen LogP contribution is -2.09. The summed E-state index contributed by atoms with van der Waals surface area (Å²) in [4.78, 5) is 12.5. The van der Waals surface area contributed by atoms with Gasteiger partial charge in [0.15, 0.2) is 0 Å². The molecular weight excluding hydrogens is 266 g/mol. The summed E-state index contributed by atoms with van der Waals surface area (Å²) in [7, 11) is 0. The van der Waals surface area contributed by atoms with E-state index >= 15 is 0 Å². The molecule has 0 saturated carbocycles. The third-order valence-electron chi connectivity index (χ3n) is 2.94. The maximum absolute atomic E-state index is 5.73. The van der Waals surface area contributed by atoms with E-state index in [4.69, 9.17) is 5.73 Å². The minimum Gasteiger partial charge on any atom is -0.368 e. The molecule has 7 nitrogen and oxygen atoms in total. The molecule has 2 aromatic heterocycles. The Labute approximate surface area is 121 Å². The molecule has 3 aromatic rings. The molecule has 0 atom stereocenters. The summed E-state index contributed by atoms with van der Waals surface area (Å²) >= 11 is 0. The summed E-state index contributed by atoms with van der Waals surface area (Å²) in [6.07, 6.45) is 4.36. The van der Waals surface area contributed by atoms with Crippen LogP contribution in [-0.2, 0) is 6.42 Å². The van der Waals surface area contributed by atoms with Gasteiger partial charge in [-0.15, -0.1) is 0 Å². The van der Waals surface area contributed by atoms with Crippen LogP contribution in [0.4, 0.5) is 17.6 Å². The van der Waals surface area contributed by atoms with E-state index in [2.05, 4.69) is 38.4 Å². The van der Waals surface area contributed by atoms with Gasteiger partial charge in [0.1, 0.15) is 0 Å². The number of benzene rings is 1. The van der Waals surface area contributed by atoms with Crippen molar-refractivity contribution in [3.63, 3.8) is 0 Å². The van der Waals surface area contributed by atoms with Crippen LogP contribution in [0.5, 0.6) is 0 Å². The van der Waals surface area contributed by atoms with Gasteiger partial charge in [-0.25, -0.2) is 4.68 Å². The molecule has 0 unspecified atom stereocenters. The molecule has 3 rings (SSSR count). The molecule has 106 valence electrons. The minimum absolute atomic E-state index is 0.143. The number of nitrogens with zero attached hydrogens (tertiary/aromatic N) is 5. The molecule has 0 fully saturated rings. The monoisotopic (exact) mass is 281 g/mol. The van der Waals surface area contributed by atoms with Gasteiger partial charge in [0.25, 0.3) is 5.95 Å². The van der Waals surface area contributed by atoms with Gasteiger partial charge >= 0.3 is 0 Å². The fraction of sp³-hybridized carbons (Fsp3) is 0.143. The molecular formula is C14H15N7. The molecule has 0 aliphatic carbocycles. The van der Waals surface area contributed by atoms with E-state index in [1.54, 1.807) is 18.5 Å². The van der Waals surface area contributed by atoms with Crippen molar-refractivity contribution < 1.29 is 0 Å². The number of aromatic nitrogens is 5. The first-order chi connectivity index (χ1) is 10.2. The molecule has 0 radical (unpaired) electrons. The first-order valence-electron chi connectivity index (χ1n) is 6.62. The molecule has 2 heterocycles. The predicted octanol–water partition coefficient (Wildman–Crippen LogP) is 1.95. The van der Waals surface area contributed by atoms with Gasteiger partial charge in [-0.2, -0.15) is 20.1 Å². The van der Waals surface area contributed by atoms with Crippen molar-refractivity contribution in [3.05, 3.63) is 48.3 Å². The van der Waals surface area contributed by atoms with Gasteiger partial charge in [0, 0.05) is 18.1 Å². The van der Waals surface area contributed by atoms with Crippen LogP contribution in [0.1, 0.15) is 12.5 Å². The topological polar surface area (TPSA) is 94.5 Å². The first kappa shape index (κ1) is 13.0. The molecule has 7 heteroatoms. The maximum Gasteiger partial charge on any atom is 0.257 e. The summed E-state index contributed by atoms with van der Waals surface area (Å²) in [6.45, 7) is 2.11. The summed E-state index contributed by atoms with van der Waals surface area (Å²) < 4.78 is 1.53. The highest BCUT2D eigenvalue weighted by molar-refractivity contribution is 5.55. The Kier molecular flexibility index (Phi) is 3.46. The second kappa shape index (κ2) is 5.58. The molecule has 0 spiro atoms. The zero-order valence-electron chi connectivity index (χ0n) is 11.6. The highest BCUT2D eigenvalue weighted by Crippen LogP contribution is 2.16. The summed E-state index contributed by atoms with van der Waals surface area (Å²) in [5, 5.41) is 7.22. The first-order valence-corrected chi connectivity index (χ1v) is 6.62. The quantitative estimate of drug-likeness (QED) is 0.759. The summed E-state index contributed by atoms with van der Waals surface area (Å²) in [5.74, 6) is 0.910. The Morgan fingerprint density at radius 2 is 2.10 bits per heavy atom.